The molecule has 0 amide bonds. The van der Waals surface area contributed by atoms with Crippen molar-refractivity contribution in [2.24, 2.45) is 0 Å². The zero-order valence-corrected chi connectivity index (χ0v) is 8.73. The fourth-order valence-electron chi connectivity index (χ4n) is 0. The van der Waals surface area contributed by atoms with Gasteiger partial charge in [0, 0.05) is 0 Å². The van der Waals surface area contributed by atoms with Crippen LogP contribution in [0.4, 0.5) is 0 Å². The normalized spacial score (nSPS) is 1.29. The first-order valence-corrected chi connectivity index (χ1v) is 1.90. The van der Waals surface area contributed by atoms with E-state index in [1.807, 2.05) is 9.12 Å². The van der Waals surface area contributed by atoms with Gasteiger partial charge in [-0.15, -0.1) is 12.2 Å². The van der Waals surface area contributed by atoms with Crippen LogP contribution in [0.25, 0.3) is 0 Å². The Balaban J connectivity index is -0.000000000356. The summed E-state index contributed by atoms with van der Waals surface area (Å²) in [5.74, 6) is 0. The van der Waals surface area contributed by atoms with E-state index in [2.05, 4.69) is 27.6 Å². The van der Waals surface area contributed by atoms with E-state index in [0.717, 1.165) is 0 Å². The van der Waals surface area contributed by atoms with Gasteiger partial charge in [-0.3, -0.25) is 0 Å². The molecule has 0 N–H and O–H groups in total. The Labute approximate surface area is 227 Å². The Bertz CT molecular complexity index is 60.5. The van der Waals surface area contributed by atoms with Crippen molar-refractivity contribution in [1.29, 1.82) is 0 Å². The first-order valence-electron chi connectivity index (χ1n) is 1.33. The van der Waals surface area contributed by atoms with E-state index in [1.54, 1.807) is 0 Å². The van der Waals surface area contributed by atoms with Gasteiger partial charge in [0.25, 0.3) is 0 Å². The van der Waals surface area contributed by atoms with E-state index in [1.165, 1.54) is 0 Å². The molecule has 0 spiro atoms. The van der Waals surface area contributed by atoms with E-state index < -0.39 is 0 Å². The van der Waals surface area contributed by atoms with Crippen LogP contribution in [0.1, 0.15) is 136 Å². The molecule has 24 heavy (non-hydrogen) atoms. The van der Waals surface area contributed by atoms with Gasteiger partial charge in [0.2, 0.25) is 0 Å². The topological polar surface area (TPSA) is 0 Å². The van der Waals surface area contributed by atoms with E-state index >= 15 is 0 Å². The van der Waals surface area contributed by atoms with Gasteiger partial charge < -0.3 is 1.43 Å². The number of rotatable bonds is 0. The second-order valence-corrected chi connectivity index (χ2v) is 0.354. The predicted octanol–water partition coefficient (Wildman–Crippen LogP) is 8.62. The van der Waals surface area contributed by atoms with Crippen molar-refractivity contribution < 1.29 is 54.2 Å². The number of thiocarbonyl (C=S) groups is 1. The molecule has 0 aromatic carbocycles. The van der Waals surface area contributed by atoms with Crippen LogP contribution >= 0.6 is 21.3 Å². The fourth-order valence-corrected chi connectivity index (χ4v) is 0. The summed E-state index contributed by atoms with van der Waals surface area (Å²) in [6, 6.07) is 0. The third-order valence-electron chi connectivity index (χ3n) is 0. The van der Waals surface area contributed by atoms with Gasteiger partial charge in [-0.2, -0.15) is 9.12 Å². The van der Waals surface area contributed by atoms with Crippen LogP contribution in [-0.2, 0) is 0 Å². The van der Waals surface area contributed by atoms with Gasteiger partial charge in [-0.1, -0.05) is 139 Å². The zero-order chi connectivity index (χ0) is 5.58. The SMILES string of the molecule is C.C.C.C.C.C.C.C.C.C.C.C.C.C.C.C.C.C.[3H-].[3H]C([B])=S.[B]P.[K+]. The fraction of sp³-hybridized carbons (Fsp3) is 0.947. The molecule has 0 aliphatic heterocycles. The second-order valence-electron chi connectivity index (χ2n) is 0.118. The standard InChI is InChI=1S/CHBS.18CH4.BH2P.K.H/c2-1-3;;;;;;;;;;;;;;;;;;;1-2;;/h1H;18*1H4;2H2;;/q;;;;;;;;;;;;;;;;;;;;+1;-1/i1T;;;;;;;;;;;;;;;;;;;;;1+2. The number of hydrogen-bond donors (Lipinski definition) is 0. The largest absolute Gasteiger partial charge is 1.00 e. The maximum absolute atomic E-state index is 6.09. The molecule has 0 heterocycles. The van der Waals surface area contributed by atoms with Crippen LogP contribution in [0, 0.1) is 0 Å². The summed E-state index contributed by atoms with van der Waals surface area (Å²) in [6.45, 7) is 0. The van der Waals surface area contributed by atoms with Crippen molar-refractivity contribution in [2.45, 2.75) is 134 Å². The van der Waals surface area contributed by atoms with Crippen LogP contribution in [0.5, 0.6) is 0 Å². The Kier molecular flexibility index (Phi) is 24500. The average Bonchev–Trinajstić information content (AvgIpc) is 1.41. The van der Waals surface area contributed by atoms with Crippen LogP contribution in [0.3, 0.4) is 0 Å². The van der Waals surface area contributed by atoms with Gasteiger partial charge in [0.1, 0.15) is 7.85 Å². The maximum atomic E-state index is 6.09. The summed E-state index contributed by atoms with van der Waals surface area (Å²) >= 11 is 3.98. The Morgan fingerprint density at radius 3 is 0.542 bits per heavy atom. The summed E-state index contributed by atoms with van der Waals surface area (Å²) in [4.78, 5) is 0. The molecule has 0 aromatic rings. The Morgan fingerprint density at radius 2 is 0.542 bits per heavy atom. The minimum atomic E-state index is -0.250. The van der Waals surface area contributed by atoms with Crippen molar-refractivity contribution in [3.63, 3.8) is 0 Å². The molecule has 0 rings (SSSR count). The maximum Gasteiger partial charge on any atom is 1.00 e. The number of hydrogen-bond acceptors (Lipinski definition) is 1. The molecule has 4 radical (unpaired) electrons. The minimum absolute atomic E-state index is 0. The van der Waals surface area contributed by atoms with Crippen LogP contribution < -0.4 is 51.4 Å². The van der Waals surface area contributed by atoms with E-state index in [9.17, 15) is 0 Å². The predicted molar refractivity (Wildman–Crippen MR) is 157 cm³/mol. The second kappa shape index (κ2) is 1380. The van der Waals surface area contributed by atoms with E-state index in [-0.39, 0.29) is 192 Å². The molecule has 1 atom stereocenters. The molecule has 1 unspecified atom stereocenters. The summed E-state index contributed by atoms with van der Waals surface area (Å²) in [7, 11) is 10.8. The third-order valence-corrected chi connectivity index (χ3v) is 0. The summed E-state index contributed by atoms with van der Waals surface area (Å²) < 4.78 is 6.09. The van der Waals surface area contributed by atoms with Crippen LogP contribution in [0.15, 0.2) is 0 Å². The van der Waals surface area contributed by atoms with E-state index in [4.69, 9.17) is 1.37 Å². The Hall–Kier alpha value is 2.29. The molecule has 0 aliphatic carbocycles. The average molecular weight is 433 g/mol. The quantitative estimate of drug-likeness (QED) is 0.210. The van der Waals surface area contributed by atoms with Gasteiger partial charge in [0.15, 0.2) is 0 Å². The van der Waals surface area contributed by atoms with E-state index in [0.29, 0.717) is 0 Å². The van der Waals surface area contributed by atoms with Gasteiger partial charge in [0.05, 0.1) is 8.94 Å². The molecule has 5 heteroatoms. The summed E-state index contributed by atoms with van der Waals surface area (Å²) in [5, 5.41) is -0.250. The minimum Gasteiger partial charge on any atom is -1.00 e. The van der Waals surface area contributed by atoms with Crippen LogP contribution in [0.2, 0.25) is 0 Å². The molecule has 0 saturated heterocycles. The summed E-state index contributed by atoms with van der Waals surface area (Å²) in [5.41, 5.74) is 0. The smallest absolute Gasteiger partial charge is 1.00 e. The first-order chi connectivity index (χ1) is 2.73. The van der Waals surface area contributed by atoms with Crippen molar-refractivity contribution in [3.05, 3.63) is 0 Å². The molecular weight excluding hydrogens is 352 g/mol. The molecule has 0 fully saturated rings. The van der Waals surface area contributed by atoms with Gasteiger partial charge in [-0.25, -0.2) is 0 Å². The Morgan fingerprint density at radius 1 is 0.542 bits per heavy atom. The van der Waals surface area contributed by atoms with Crippen LogP contribution in [-0.4, -0.2) is 20.7 Å². The van der Waals surface area contributed by atoms with Crippen molar-refractivity contribution in [3.8, 4) is 0 Å². The molecule has 0 aromatic heterocycles. The zero-order valence-electron chi connectivity index (χ0n) is 5.64. The van der Waals surface area contributed by atoms with Gasteiger partial charge in [-0.05, 0) is 0 Å². The third kappa shape index (κ3) is 2520. The molecule has 170 valence electrons. The molecule has 0 nitrogen and oxygen atoms in total. The first kappa shape index (κ1) is 425. The molecular formula is C19H76B2KPS. The monoisotopic (exact) mass is 433 g/mol. The van der Waals surface area contributed by atoms with Crippen molar-refractivity contribution in [2.75, 3.05) is 0 Å². The molecule has 0 aliphatic rings. The molecule has 0 saturated carbocycles. The summed E-state index contributed by atoms with van der Waals surface area (Å²) in [6.07, 6.45) is 0. The van der Waals surface area contributed by atoms with Gasteiger partial charge >= 0.3 is 51.4 Å². The van der Waals surface area contributed by atoms with Crippen molar-refractivity contribution >= 4 is 42.0 Å². The van der Waals surface area contributed by atoms with Crippen molar-refractivity contribution in [1.82, 2.24) is 0 Å². The molecule has 0 bridgehead atoms.